The number of carbonyl (C=O) groups excluding carboxylic acids is 2. The molecule has 1 aliphatic rings. The lowest BCUT2D eigenvalue weighted by Gasteiger charge is -2.18. The highest BCUT2D eigenvalue weighted by Gasteiger charge is 2.31. The molecule has 0 bridgehead atoms. The highest BCUT2D eigenvalue weighted by atomic mass is 16.2. The maximum Gasteiger partial charge on any atom is 0.263 e. The van der Waals surface area contributed by atoms with E-state index in [0.29, 0.717) is 18.9 Å². The van der Waals surface area contributed by atoms with Crippen molar-refractivity contribution in [1.29, 1.82) is 0 Å². The third-order valence-corrected chi connectivity index (χ3v) is 4.96. The average Bonchev–Trinajstić information content (AvgIpc) is 3.00. The van der Waals surface area contributed by atoms with Gasteiger partial charge in [0.15, 0.2) is 0 Å². The number of nitrogens with one attached hydrogen (secondary N) is 2. The van der Waals surface area contributed by atoms with Crippen LogP contribution in [0.25, 0.3) is 10.8 Å². The molecule has 7 nitrogen and oxygen atoms in total. The fraction of sp³-hybridized carbons (Fsp3) is 0.238. The normalized spacial score (nSPS) is 16.5. The van der Waals surface area contributed by atoms with Gasteiger partial charge in [-0.3, -0.25) is 14.4 Å². The summed E-state index contributed by atoms with van der Waals surface area (Å²) in [6, 6.07) is 13.8. The number of amides is 2. The minimum Gasteiger partial charge on any atom is -0.347 e. The van der Waals surface area contributed by atoms with Crippen LogP contribution in [0, 0.1) is 6.92 Å². The zero-order valence-corrected chi connectivity index (χ0v) is 15.4. The lowest BCUT2D eigenvalue weighted by Crippen LogP contribution is -2.39. The van der Waals surface area contributed by atoms with Crippen LogP contribution < -0.4 is 10.9 Å². The molecule has 28 heavy (non-hydrogen) atoms. The van der Waals surface area contributed by atoms with E-state index >= 15 is 0 Å². The highest BCUT2D eigenvalue weighted by molar-refractivity contribution is 5.94. The van der Waals surface area contributed by atoms with E-state index < -0.39 is 11.5 Å². The summed E-state index contributed by atoms with van der Waals surface area (Å²) in [6.07, 6.45) is 1.47. The van der Waals surface area contributed by atoms with E-state index in [4.69, 9.17) is 0 Å². The number of hydrogen-bond donors (Lipinski definition) is 2. The number of likely N-dealkylation sites (tertiary alicyclic amines) is 1. The minimum atomic E-state index is -0.515. The monoisotopic (exact) mass is 376 g/mol. The van der Waals surface area contributed by atoms with Crippen molar-refractivity contribution in [2.24, 2.45) is 0 Å². The zero-order valence-electron chi connectivity index (χ0n) is 15.4. The Morgan fingerprint density at radius 1 is 1.21 bits per heavy atom. The molecule has 0 spiro atoms. The summed E-state index contributed by atoms with van der Waals surface area (Å²) in [5, 5.41) is 5.02. The maximum absolute atomic E-state index is 12.4. The number of aromatic nitrogens is 2. The molecular formula is C21H20N4O3. The van der Waals surface area contributed by atoms with Crippen LogP contribution in [0.4, 0.5) is 0 Å². The van der Waals surface area contributed by atoms with Crippen molar-refractivity contribution in [3.8, 4) is 0 Å². The molecule has 2 N–H and O–H groups in total. The van der Waals surface area contributed by atoms with E-state index in [1.807, 2.05) is 42.5 Å². The smallest absolute Gasteiger partial charge is 0.263 e. The standard InChI is InChI=1S/C21H20N4O3/c1-13-22-10-18(20(27)23-13)21(28)24-16-9-19(26)25(12-16)11-15-7-4-6-14-5-2-3-8-17(14)15/h2-8,10,16H,9,11-12H2,1H3,(H,24,28)(H,22,23,27)/t16-/m0/s1. The minimum absolute atomic E-state index is 0.0193. The van der Waals surface area contributed by atoms with E-state index in [9.17, 15) is 14.4 Å². The number of aromatic amines is 1. The summed E-state index contributed by atoms with van der Waals surface area (Å²) >= 11 is 0. The SMILES string of the molecule is Cc1ncc(C(=O)N[C@H]2CC(=O)N(Cc3cccc4ccccc34)C2)c(=O)[nH]1. The van der Waals surface area contributed by atoms with Crippen molar-refractivity contribution in [3.05, 3.63) is 76.0 Å². The summed E-state index contributed by atoms with van der Waals surface area (Å²) < 4.78 is 0. The first-order chi connectivity index (χ1) is 13.5. The molecule has 0 aliphatic carbocycles. The first-order valence-electron chi connectivity index (χ1n) is 9.12. The third-order valence-electron chi connectivity index (χ3n) is 4.96. The van der Waals surface area contributed by atoms with E-state index in [0.717, 1.165) is 16.3 Å². The van der Waals surface area contributed by atoms with E-state index in [1.54, 1.807) is 11.8 Å². The van der Waals surface area contributed by atoms with Gasteiger partial charge in [-0.2, -0.15) is 0 Å². The van der Waals surface area contributed by atoms with Gasteiger partial charge in [0.1, 0.15) is 11.4 Å². The second-order valence-corrected chi connectivity index (χ2v) is 7.00. The van der Waals surface area contributed by atoms with Gasteiger partial charge in [0.05, 0.1) is 6.04 Å². The van der Waals surface area contributed by atoms with Gasteiger partial charge in [-0.05, 0) is 23.3 Å². The average molecular weight is 376 g/mol. The molecule has 1 saturated heterocycles. The van der Waals surface area contributed by atoms with Crippen molar-refractivity contribution >= 4 is 22.6 Å². The molecule has 1 fully saturated rings. The number of benzene rings is 2. The number of nitrogens with zero attached hydrogens (tertiary/aromatic N) is 2. The number of rotatable bonds is 4. The number of H-pyrrole nitrogens is 1. The number of hydrogen-bond acceptors (Lipinski definition) is 4. The third kappa shape index (κ3) is 3.51. The topological polar surface area (TPSA) is 95.2 Å². The molecule has 0 radical (unpaired) electrons. The molecule has 1 atom stereocenters. The summed E-state index contributed by atoms with van der Waals surface area (Å²) in [5.74, 6) is -0.0911. The van der Waals surface area contributed by atoms with E-state index in [2.05, 4.69) is 15.3 Å². The molecule has 1 aliphatic heterocycles. The first-order valence-corrected chi connectivity index (χ1v) is 9.12. The molecule has 2 heterocycles. The Labute approximate surface area is 161 Å². The summed E-state index contributed by atoms with van der Waals surface area (Å²) in [5.41, 5.74) is 0.532. The van der Waals surface area contributed by atoms with Gasteiger partial charge in [0, 0.05) is 25.7 Å². The Morgan fingerprint density at radius 3 is 2.82 bits per heavy atom. The van der Waals surface area contributed by atoms with Crippen LogP contribution in [0.5, 0.6) is 0 Å². The zero-order chi connectivity index (χ0) is 19.7. The lowest BCUT2D eigenvalue weighted by molar-refractivity contribution is -0.128. The molecule has 2 aromatic carbocycles. The Balaban J connectivity index is 1.46. The Morgan fingerprint density at radius 2 is 2.00 bits per heavy atom. The molecule has 142 valence electrons. The molecule has 0 unspecified atom stereocenters. The van der Waals surface area contributed by atoms with Crippen molar-refractivity contribution in [2.45, 2.75) is 25.9 Å². The van der Waals surface area contributed by atoms with Crippen LogP contribution >= 0.6 is 0 Å². The molecule has 4 rings (SSSR count). The van der Waals surface area contributed by atoms with Crippen LogP contribution in [0.3, 0.4) is 0 Å². The Bertz CT molecular complexity index is 1120. The lowest BCUT2D eigenvalue weighted by atomic mass is 10.0. The Hall–Kier alpha value is -3.48. The fourth-order valence-electron chi connectivity index (χ4n) is 3.57. The van der Waals surface area contributed by atoms with Crippen molar-refractivity contribution in [1.82, 2.24) is 20.2 Å². The Kier molecular flexibility index (Phi) is 4.65. The second kappa shape index (κ2) is 7.26. The summed E-state index contributed by atoms with van der Waals surface area (Å²) in [6.45, 7) is 2.54. The van der Waals surface area contributed by atoms with Gasteiger partial charge in [0.2, 0.25) is 5.91 Å². The predicted octanol–water partition coefficient (Wildman–Crippen LogP) is 1.76. The van der Waals surface area contributed by atoms with Gasteiger partial charge in [0.25, 0.3) is 11.5 Å². The fourth-order valence-corrected chi connectivity index (χ4v) is 3.57. The van der Waals surface area contributed by atoms with Gasteiger partial charge in [-0.15, -0.1) is 0 Å². The van der Waals surface area contributed by atoms with Crippen molar-refractivity contribution < 1.29 is 9.59 Å². The maximum atomic E-state index is 12.4. The van der Waals surface area contributed by atoms with Crippen LogP contribution in [-0.2, 0) is 11.3 Å². The largest absolute Gasteiger partial charge is 0.347 e. The molecular weight excluding hydrogens is 356 g/mol. The number of carbonyl (C=O) groups is 2. The van der Waals surface area contributed by atoms with Crippen molar-refractivity contribution in [2.75, 3.05) is 6.54 Å². The molecule has 7 heteroatoms. The number of fused-ring (bicyclic) bond motifs is 1. The molecule has 0 saturated carbocycles. The van der Waals surface area contributed by atoms with Crippen molar-refractivity contribution in [3.63, 3.8) is 0 Å². The van der Waals surface area contributed by atoms with Gasteiger partial charge in [-0.1, -0.05) is 42.5 Å². The van der Waals surface area contributed by atoms with Gasteiger partial charge < -0.3 is 15.2 Å². The quantitative estimate of drug-likeness (QED) is 0.725. The summed E-state index contributed by atoms with van der Waals surface area (Å²) in [4.78, 5) is 44.9. The van der Waals surface area contributed by atoms with Gasteiger partial charge >= 0.3 is 0 Å². The summed E-state index contributed by atoms with van der Waals surface area (Å²) in [7, 11) is 0. The van der Waals surface area contributed by atoms with Crippen LogP contribution in [-0.4, -0.2) is 39.3 Å². The molecule has 3 aromatic rings. The van der Waals surface area contributed by atoms with E-state index in [1.165, 1.54) is 6.20 Å². The van der Waals surface area contributed by atoms with E-state index in [-0.39, 0.29) is 23.9 Å². The van der Waals surface area contributed by atoms with Crippen LogP contribution in [0.2, 0.25) is 0 Å². The van der Waals surface area contributed by atoms with Gasteiger partial charge in [-0.25, -0.2) is 4.98 Å². The van der Waals surface area contributed by atoms with Crippen LogP contribution in [0.15, 0.2) is 53.5 Å². The predicted molar refractivity (Wildman–Crippen MR) is 105 cm³/mol. The van der Waals surface area contributed by atoms with Crippen LogP contribution in [0.1, 0.15) is 28.2 Å². The number of aryl methyl sites for hydroxylation is 1. The molecule has 2 amide bonds. The second-order valence-electron chi connectivity index (χ2n) is 7.00. The highest BCUT2D eigenvalue weighted by Crippen LogP contribution is 2.22. The first kappa shape index (κ1) is 17.9. The molecule has 1 aromatic heterocycles.